The molecule has 3 aromatic rings. The lowest BCUT2D eigenvalue weighted by Gasteiger charge is -2.25. The molecule has 4 rings (SSSR count). The van der Waals surface area contributed by atoms with E-state index < -0.39 is 30.6 Å². The molecule has 0 bridgehead atoms. The number of carbonyl (C=O) groups excluding carboxylic acids is 1. The van der Waals surface area contributed by atoms with Crippen LogP contribution in [-0.2, 0) is 4.74 Å². The lowest BCUT2D eigenvalue weighted by atomic mass is 9.91. The number of pyridine rings is 1. The van der Waals surface area contributed by atoms with Crippen LogP contribution in [-0.4, -0.2) is 42.3 Å². The zero-order valence-electron chi connectivity index (χ0n) is 17.2. The molecule has 1 fully saturated rings. The van der Waals surface area contributed by atoms with Gasteiger partial charge in [-0.25, -0.2) is 17.6 Å². The first-order valence-corrected chi connectivity index (χ1v) is 10.1. The third-order valence-corrected chi connectivity index (χ3v) is 5.11. The average Bonchev–Trinajstić information content (AvgIpc) is 3.29. The standard InChI is InChI=1S/C22H19F4N3O4/c23-13-1-2-16(24)15(9-13)14-3-6-27-20(12-4-7-31-8-5-12)21(14)28-22(30)17-10-19(29-33-17)32-11-18(25)26/h1-3,6,9-10,12,18H,4-5,7-8,11H2,(H,28,30). The van der Waals surface area contributed by atoms with Crippen molar-refractivity contribution in [1.29, 1.82) is 0 Å². The maximum atomic E-state index is 14.6. The monoisotopic (exact) mass is 465 g/mol. The first-order chi connectivity index (χ1) is 15.9. The van der Waals surface area contributed by atoms with Gasteiger partial charge in [0.2, 0.25) is 5.76 Å². The van der Waals surface area contributed by atoms with E-state index in [0.717, 1.165) is 24.3 Å². The zero-order valence-corrected chi connectivity index (χ0v) is 17.2. The quantitative estimate of drug-likeness (QED) is 0.505. The predicted octanol–water partition coefficient (Wildman–Crippen LogP) is 4.81. The summed E-state index contributed by atoms with van der Waals surface area (Å²) in [5.74, 6) is -2.80. The number of benzene rings is 1. The smallest absolute Gasteiger partial charge is 0.294 e. The third kappa shape index (κ3) is 5.30. The van der Waals surface area contributed by atoms with Crippen molar-refractivity contribution in [3.8, 4) is 17.0 Å². The molecule has 3 heterocycles. The molecule has 0 aliphatic carbocycles. The minimum absolute atomic E-state index is 0.0560. The number of alkyl halides is 2. The second kappa shape index (κ2) is 9.99. The number of carbonyl (C=O) groups is 1. The van der Waals surface area contributed by atoms with E-state index in [-0.39, 0.29) is 34.4 Å². The van der Waals surface area contributed by atoms with E-state index in [0.29, 0.717) is 31.7 Å². The number of ether oxygens (including phenoxy) is 2. The summed E-state index contributed by atoms with van der Waals surface area (Å²) in [6.45, 7) is 0.0730. The molecule has 1 aliphatic rings. The molecule has 0 unspecified atom stereocenters. The van der Waals surface area contributed by atoms with Crippen LogP contribution in [0.2, 0.25) is 0 Å². The number of halogens is 4. The second-order valence-electron chi connectivity index (χ2n) is 7.32. The Morgan fingerprint density at radius 2 is 1.94 bits per heavy atom. The van der Waals surface area contributed by atoms with Gasteiger partial charge in [-0.3, -0.25) is 9.78 Å². The Morgan fingerprint density at radius 3 is 2.70 bits per heavy atom. The van der Waals surface area contributed by atoms with E-state index in [4.69, 9.17) is 14.0 Å². The van der Waals surface area contributed by atoms with Crippen LogP contribution in [0, 0.1) is 11.6 Å². The van der Waals surface area contributed by atoms with Gasteiger partial charge in [0.1, 0.15) is 11.6 Å². The van der Waals surface area contributed by atoms with Crippen molar-refractivity contribution in [2.24, 2.45) is 0 Å². The Labute approximate surface area is 185 Å². The Balaban J connectivity index is 1.70. The van der Waals surface area contributed by atoms with Gasteiger partial charge >= 0.3 is 0 Å². The average molecular weight is 465 g/mol. The van der Waals surface area contributed by atoms with Crippen LogP contribution in [0.1, 0.15) is 35.0 Å². The largest absolute Gasteiger partial charge is 0.469 e. The Morgan fingerprint density at radius 1 is 1.15 bits per heavy atom. The van der Waals surface area contributed by atoms with Crippen molar-refractivity contribution >= 4 is 11.6 Å². The van der Waals surface area contributed by atoms with E-state index in [9.17, 15) is 22.4 Å². The molecule has 33 heavy (non-hydrogen) atoms. The number of nitrogens with zero attached hydrogens (tertiary/aromatic N) is 2. The fourth-order valence-electron chi connectivity index (χ4n) is 3.58. The molecule has 1 aromatic carbocycles. The van der Waals surface area contributed by atoms with Crippen LogP contribution in [0.3, 0.4) is 0 Å². The maximum absolute atomic E-state index is 14.6. The zero-order chi connectivity index (χ0) is 23.4. The normalized spacial score (nSPS) is 14.5. The van der Waals surface area contributed by atoms with E-state index in [1.54, 1.807) is 0 Å². The fourth-order valence-corrected chi connectivity index (χ4v) is 3.58. The summed E-state index contributed by atoms with van der Waals surface area (Å²) < 4.78 is 68.2. The van der Waals surface area contributed by atoms with E-state index >= 15 is 0 Å². The van der Waals surface area contributed by atoms with Crippen LogP contribution >= 0.6 is 0 Å². The maximum Gasteiger partial charge on any atom is 0.294 e. The van der Waals surface area contributed by atoms with E-state index in [2.05, 4.69) is 15.5 Å². The molecule has 1 saturated heterocycles. The van der Waals surface area contributed by atoms with Crippen molar-refractivity contribution in [2.45, 2.75) is 25.2 Å². The summed E-state index contributed by atoms with van der Waals surface area (Å²) in [6, 6.07) is 5.54. The van der Waals surface area contributed by atoms with Gasteiger partial charge in [0.15, 0.2) is 6.61 Å². The molecule has 1 N–H and O–H groups in total. The minimum atomic E-state index is -2.72. The molecule has 7 nitrogen and oxygen atoms in total. The highest BCUT2D eigenvalue weighted by atomic mass is 19.3. The Bertz CT molecular complexity index is 1130. The van der Waals surface area contributed by atoms with Crippen LogP contribution in [0.4, 0.5) is 23.2 Å². The summed E-state index contributed by atoms with van der Waals surface area (Å²) >= 11 is 0. The summed E-state index contributed by atoms with van der Waals surface area (Å²) in [6.07, 6.45) is -0.0112. The van der Waals surface area contributed by atoms with Gasteiger partial charge < -0.3 is 19.3 Å². The Hall–Kier alpha value is -3.47. The first kappa shape index (κ1) is 22.7. The van der Waals surface area contributed by atoms with Crippen molar-refractivity contribution < 1.29 is 36.4 Å². The lowest BCUT2D eigenvalue weighted by Crippen LogP contribution is -2.20. The molecule has 1 amide bonds. The third-order valence-electron chi connectivity index (χ3n) is 5.11. The highest BCUT2D eigenvalue weighted by Crippen LogP contribution is 2.38. The number of hydrogen-bond acceptors (Lipinski definition) is 6. The molecule has 0 spiro atoms. The van der Waals surface area contributed by atoms with E-state index in [1.165, 1.54) is 12.3 Å². The van der Waals surface area contributed by atoms with Gasteiger partial charge in [-0.15, -0.1) is 0 Å². The summed E-state index contributed by atoms with van der Waals surface area (Å²) in [7, 11) is 0. The lowest BCUT2D eigenvalue weighted by molar-refractivity contribution is 0.0774. The number of rotatable bonds is 7. The van der Waals surface area contributed by atoms with Gasteiger partial charge in [-0.1, -0.05) is 0 Å². The number of amides is 1. The fraction of sp³-hybridized carbons (Fsp3) is 0.318. The molecular weight excluding hydrogens is 446 g/mol. The number of nitrogens with one attached hydrogen (secondary N) is 1. The number of anilines is 1. The van der Waals surface area contributed by atoms with Crippen molar-refractivity contribution in [3.05, 3.63) is 59.6 Å². The van der Waals surface area contributed by atoms with Crippen LogP contribution in [0.15, 0.2) is 41.1 Å². The summed E-state index contributed by atoms with van der Waals surface area (Å²) in [4.78, 5) is 17.3. The van der Waals surface area contributed by atoms with Crippen LogP contribution in [0.25, 0.3) is 11.1 Å². The molecular formula is C22H19F4N3O4. The van der Waals surface area contributed by atoms with Crippen LogP contribution in [0.5, 0.6) is 5.88 Å². The van der Waals surface area contributed by atoms with Gasteiger partial charge in [0.25, 0.3) is 18.2 Å². The van der Waals surface area contributed by atoms with E-state index in [1.807, 2.05) is 0 Å². The summed E-state index contributed by atoms with van der Waals surface area (Å²) in [5.41, 5.74) is 0.844. The molecule has 1 aliphatic heterocycles. The SMILES string of the molecule is O=C(Nc1c(-c2cc(F)ccc2F)ccnc1C1CCOCC1)c1cc(OCC(F)F)no1. The molecule has 11 heteroatoms. The molecule has 0 atom stereocenters. The molecule has 174 valence electrons. The summed E-state index contributed by atoms with van der Waals surface area (Å²) in [5, 5.41) is 6.08. The molecule has 0 saturated carbocycles. The molecule has 2 aromatic heterocycles. The van der Waals surface area contributed by atoms with Gasteiger partial charge in [-0.2, -0.15) is 0 Å². The predicted molar refractivity (Wildman–Crippen MR) is 108 cm³/mol. The highest BCUT2D eigenvalue weighted by Gasteiger charge is 2.26. The Kier molecular flexibility index (Phi) is 6.87. The minimum Gasteiger partial charge on any atom is -0.469 e. The van der Waals surface area contributed by atoms with Crippen LogP contribution < -0.4 is 10.1 Å². The van der Waals surface area contributed by atoms with Gasteiger partial charge in [-0.05, 0) is 42.3 Å². The highest BCUT2D eigenvalue weighted by molar-refractivity contribution is 6.05. The van der Waals surface area contributed by atoms with Gasteiger partial charge in [0, 0.05) is 36.5 Å². The van der Waals surface area contributed by atoms with Crippen molar-refractivity contribution in [1.82, 2.24) is 10.1 Å². The van der Waals surface area contributed by atoms with Crippen molar-refractivity contribution in [3.63, 3.8) is 0 Å². The topological polar surface area (TPSA) is 86.5 Å². The van der Waals surface area contributed by atoms with Crippen molar-refractivity contribution in [2.75, 3.05) is 25.1 Å². The van der Waals surface area contributed by atoms with Gasteiger partial charge in [0.05, 0.1) is 17.4 Å². The molecule has 0 radical (unpaired) electrons. The number of hydrogen-bond donors (Lipinski definition) is 1. The number of aromatic nitrogens is 2. The first-order valence-electron chi connectivity index (χ1n) is 10.1. The second-order valence-corrected chi connectivity index (χ2v) is 7.32.